The zero-order chi connectivity index (χ0) is 23.9. The van der Waals surface area contributed by atoms with E-state index >= 15 is 0 Å². The van der Waals surface area contributed by atoms with Crippen LogP contribution in [0.15, 0.2) is 54.7 Å². The molecule has 7 rings (SSSR count). The van der Waals surface area contributed by atoms with E-state index in [2.05, 4.69) is 35.3 Å². The number of fused-ring (bicyclic) bond motifs is 2. The lowest BCUT2D eigenvalue weighted by atomic mass is 9.86. The largest absolute Gasteiger partial charge is 0.353 e. The summed E-state index contributed by atoms with van der Waals surface area (Å²) in [5.41, 5.74) is 3.74. The first-order chi connectivity index (χ1) is 17.0. The Morgan fingerprint density at radius 3 is 2.60 bits per heavy atom. The van der Waals surface area contributed by atoms with E-state index in [4.69, 9.17) is 4.98 Å². The van der Waals surface area contributed by atoms with Crippen molar-refractivity contribution in [2.45, 2.75) is 38.9 Å². The molecule has 3 aliphatic heterocycles. The summed E-state index contributed by atoms with van der Waals surface area (Å²) in [6.07, 6.45) is 3.03. The van der Waals surface area contributed by atoms with Crippen molar-refractivity contribution >= 4 is 17.5 Å². The van der Waals surface area contributed by atoms with Crippen LogP contribution < -0.4 is 10.2 Å². The van der Waals surface area contributed by atoms with Crippen LogP contribution in [0.25, 0.3) is 11.4 Å². The van der Waals surface area contributed by atoms with E-state index in [0.29, 0.717) is 23.7 Å². The highest BCUT2D eigenvalue weighted by atomic mass is 19.1. The number of hydrogen-bond acceptors (Lipinski definition) is 7. The molecule has 9 heteroatoms. The van der Waals surface area contributed by atoms with Gasteiger partial charge >= 0.3 is 0 Å². The number of aryl methyl sites for hydroxylation is 2. The highest BCUT2D eigenvalue weighted by Gasteiger charge is 2.44. The molecule has 0 radical (unpaired) electrons. The lowest BCUT2D eigenvalue weighted by Gasteiger charge is -2.56. The molecule has 6 heterocycles. The van der Waals surface area contributed by atoms with Crippen LogP contribution in [0.4, 0.5) is 21.8 Å². The number of anilines is 3. The molecule has 0 saturated carbocycles. The van der Waals surface area contributed by atoms with Crippen molar-refractivity contribution < 1.29 is 4.39 Å². The van der Waals surface area contributed by atoms with Gasteiger partial charge in [-0.05, 0) is 50.1 Å². The Bertz CT molecular complexity index is 1340. The van der Waals surface area contributed by atoms with Crippen molar-refractivity contribution in [2.24, 2.45) is 0 Å². The topological polar surface area (TPSA) is 85.9 Å². The molecule has 3 fully saturated rings. The van der Waals surface area contributed by atoms with Crippen molar-refractivity contribution in [3.8, 4) is 11.4 Å². The van der Waals surface area contributed by atoms with Gasteiger partial charge in [-0.15, -0.1) is 0 Å². The zero-order valence-electron chi connectivity index (χ0n) is 19.7. The molecule has 35 heavy (non-hydrogen) atoms. The van der Waals surface area contributed by atoms with E-state index < -0.39 is 0 Å². The number of aromatic amines is 1. The molecule has 2 bridgehead atoms. The van der Waals surface area contributed by atoms with Gasteiger partial charge in [-0.25, -0.2) is 19.3 Å². The molecule has 3 saturated heterocycles. The van der Waals surface area contributed by atoms with E-state index in [0.717, 1.165) is 53.8 Å². The second-order valence-corrected chi connectivity index (χ2v) is 9.44. The summed E-state index contributed by atoms with van der Waals surface area (Å²) in [6, 6.07) is 15.8. The number of aromatic nitrogens is 5. The standard InChI is InChI=1S/C26H27FN8/c1-16-8-23(30-24-9-17(2)32-33-24)31-26(29-16)19-6-7-25(28-12-19)34-14-21-11-22(15-34)35(21)13-18-4-3-5-20(27)10-18/h3-10,12,21-22H,11,13-15H2,1-2H3,(H2,29,30,31,32,33). The summed E-state index contributed by atoms with van der Waals surface area (Å²) in [6.45, 7) is 6.55. The van der Waals surface area contributed by atoms with Gasteiger partial charge in [0.15, 0.2) is 11.6 Å². The number of pyridine rings is 1. The minimum atomic E-state index is -0.171. The Kier molecular flexibility index (Phi) is 5.41. The molecule has 0 aliphatic carbocycles. The highest BCUT2D eigenvalue weighted by Crippen LogP contribution is 2.35. The Labute approximate surface area is 203 Å². The number of benzene rings is 1. The summed E-state index contributed by atoms with van der Waals surface area (Å²) in [5, 5.41) is 10.4. The first kappa shape index (κ1) is 21.7. The van der Waals surface area contributed by atoms with Crippen LogP contribution in [-0.4, -0.2) is 55.2 Å². The second-order valence-electron chi connectivity index (χ2n) is 9.44. The monoisotopic (exact) mass is 470 g/mol. The fourth-order valence-corrected chi connectivity index (χ4v) is 5.06. The SMILES string of the molecule is Cc1cc(Nc2cc(C)[nH]n2)nc(-c2ccc(N3CC4CC(C3)N4Cc3cccc(F)c3)nc2)n1. The summed E-state index contributed by atoms with van der Waals surface area (Å²) < 4.78 is 13.6. The van der Waals surface area contributed by atoms with E-state index in [1.807, 2.05) is 50.4 Å². The Hall–Kier alpha value is -3.85. The van der Waals surface area contributed by atoms with E-state index in [1.165, 1.54) is 12.5 Å². The molecule has 178 valence electrons. The number of hydrogen-bond donors (Lipinski definition) is 2. The molecule has 3 aliphatic rings. The van der Waals surface area contributed by atoms with Gasteiger partial charge in [0.05, 0.1) is 0 Å². The third-order valence-corrected chi connectivity index (χ3v) is 6.74. The van der Waals surface area contributed by atoms with Crippen molar-refractivity contribution in [2.75, 3.05) is 23.3 Å². The van der Waals surface area contributed by atoms with Crippen LogP contribution in [0.1, 0.15) is 23.4 Å². The Balaban J connectivity index is 1.13. The van der Waals surface area contributed by atoms with Gasteiger partial charge in [0.2, 0.25) is 0 Å². The van der Waals surface area contributed by atoms with E-state index in [9.17, 15) is 4.39 Å². The van der Waals surface area contributed by atoms with E-state index in [1.54, 1.807) is 12.1 Å². The van der Waals surface area contributed by atoms with Crippen LogP contribution >= 0.6 is 0 Å². The highest BCUT2D eigenvalue weighted by molar-refractivity contribution is 5.61. The molecule has 0 amide bonds. The normalized spacial score (nSPS) is 19.5. The average Bonchev–Trinajstić information content (AvgIpc) is 3.26. The lowest BCUT2D eigenvalue weighted by molar-refractivity contribution is -0.00874. The van der Waals surface area contributed by atoms with Gasteiger partial charge in [0, 0.05) is 67.0 Å². The quantitative estimate of drug-likeness (QED) is 0.436. The average molecular weight is 471 g/mol. The summed E-state index contributed by atoms with van der Waals surface area (Å²) >= 11 is 0. The molecule has 1 aromatic carbocycles. The van der Waals surface area contributed by atoms with Crippen LogP contribution in [0.5, 0.6) is 0 Å². The van der Waals surface area contributed by atoms with Gasteiger partial charge in [-0.3, -0.25) is 10.00 Å². The number of halogens is 1. The Morgan fingerprint density at radius 1 is 1.03 bits per heavy atom. The maximum Gasteiger partial charge on any atom is 0.163 e. The summed E-state index contributed by atoms with van der Waals surface area (Å²) in [4.78, 5) is 18.8. The van der Waals surface area contributed by atoms with Gasteiger partial charge in [0.1, 0.15) is 17.5 Å². The van der Waals surface area contributed by atoms with Crippen LogP contribution in [-0.2, 0) is 6.54 Å². The van der Waals surface area contributed by atoms with Crippen molar-refractivity contribution in [3.05, 3.63) is 77.5 Å². The first-order valence-corrected chi connectivity index (χ1v) is 11.9. The number of piperazine rings is 1. The van der Waals surface area contributed by atoms with Crippen molar-refractivity contribution in [1.29, 1.82) is 0 Å². The maximum atomic E-state index is 13.6. The third-order valence-electron chi connectivity index (χ3n) is 6.74. The third kappa shape index (κ3) is 4.46. The second kappa shape index (κ2) is 8.74. The van der Waals surface area contributed by atoms with Gasteiger partial charge in [0.25, 0.3) is 0 Å². The number of nitrogens with zero attached hydrogens (tertiary/aromatic N) is 6. The lowest BCUT2D eigenvalue weighted by Crippen LogP contribution is -2.68. The van der Waals surface area contributed by atoms with Gasteiger partial charge in [-0.1, -0.05) is 12.1 Å². The molecule has 4 aromatic rings. The van der Waals surface area contributed by atoms with Crippen molar-refractivity contribution in [1.82, 2.24) is 30.0 Å². The maximum absolute atomic E-state index is 13.6. The molecule has 0 spiro atoms. The van der Waals surface area contributed by atoms with E-state index in [-0.39, 0.29) is 5.82 Å². The number of piperidine rings is 1. The minimum Gasteiger partial charge on any atom is -0.353 e. The van der Waals surface area contributed by atoms with Gasteiger partial charge in [-0.2, -0.15) is 5.10 Å². The summed E-state index contributed by atoms with van der Waals surface area (Å²) in [7, 11) is 0. The van der Waals surface area contributed by atoms with Crippen molar-refractivity contribution in [3.63, 3.8) is 0 Å². The minimum absolute atomic E-state index is 0.171. The molecule has 2 N–H and O–H groups in total. The fourth-order valence-electron chi connectivity index (χ4n) is 5.06. The molecule has 2 atom stereocenters. The molecule has 8 nitrogen and oxygen atoms in total. The fraction of sp³-hybridized carbons (Fsp3) is 0.308. The van der Waals surface area contributed by atoms with Crippen LogP contribution in [0.2, 0.25) is 0 Å². The van der Waals surface area contributed by atoms with Gasteiger partial charge < -0.3 is 10.2 Å². The number of nitrogens with one attached hydrogen (secondary N) is 2. The number of rotatable bonds is 6. The smallest absolute Gasteiger partial charge is 0.163 e. The van der Waals surface area contributed by atoms with Crippen LogP contribution in [0, 0.1) is 19.7 Å². The molecule has 2 unspecified atom stereocenters. The Morgan fingerprint density at radius 2 is 1.89 bits per heavy atom. The predicted octanol–water partition coefficient (Wildman–Crippen LogP) is 4.22. The number of H-pyrrole nitrogens is 1. The molecular weight excluding hydrogens is 443 g/mol. The first-order valence-electron chi connectivity index (χ1n) is 11.9. The predicted molar refractivity (Wildman–Crippen MR) is 133 cm³/mol. The summed E-state index contributed by atoms with van der Waals surface area (Å²) in [5.74, 6) is 2.83. The van der Waals surface area contributed by atoms with Crippen LogP contribution in [0.3, 0.4) is 0 Å². The molecule has 3 aromatic heterocycles. The zero-order valence-corrected chi connectivity index (χ0v) is 19.7. The molecular formula is C26H27FN8.